The van der Waals surface area contributed by atoms with Crippen LogP contribution in [0.2, 0.25) is 0 Å². The van der Waals surface area contributed by atoms with Gasteiger partial charge in [-0.1, -0.05) is 11.6 Å². The van der Waals surface area contributed by atoms with Crippen LogP contribution in [0.5, 0.6) is 0 Å². The van der Waals surface area contributed by atoms with E-state index in [1.165, 1.54) is 5.57 Å². The van der Waals surface area contributed by atoms with Crippen LogP contribution in [0.1, 0.15) is 27.2 Å². The molecule has 1 rings (SSSR count). The van der Waals surface area contributed by atoms with Crippen LogP contribution < -0.4 is 0 Å². The number of hydrogen-bond acceptors (Lipinski definition) is 3. The van der Waals surface area contributed by atoms with Crippen molar-refractivity contribution in [1.82, 2.24) is 4.90 Å². The molecule has 0 atom stereocenters. The lowest BCUT2D eigenvalue weighted by atomic mass is 10.1. The average Bonchev–Trinajstić information content (AvgIpc) is 2.15. The number of nitrogens with zero attached hydrogens (tertiary/aromatic N) is 1. The van der Waals surface area contributed by atoms with Gasteiger partial charge in [0.2, 0.25) is 0 Å². The molecule has 1 aliphatic rings. The van der Waals surface area contributed by atoms with Gasteiger partial charge in [-0.05, 0) is 27.2 Å². The smallest absolute Gasteiger partial charge is 0.410 e. The fraction of sp³-hybridized carbons (Fsp3) is 0.727. The van der Waals surface area contributed by atoms with E-state index < -0.39 is 5.60 Å². The van der Waals surface area contributed by atoms with E-state index in [1.54, 1.807) is 4.90 Å². The molecule has 0 spiro atoms. The monoisotopic (exact) mass is 229 g/mol. The minimum Gasteiger partial charge on any atom is -0.444 e. The predicted octanol–water partition coefficient (Wildman–Crippen LogP) is 2.48. The Kier molecular flexibility index (Phi) is 4.08. The molecule has 4 heteroatoms. The van der Waals surface area contributed by atoms with Gasteiger partial charge >= 0.3 is 6.09 Å². The van der Waals surface area contributed by atoms with Gasteiger partial charge < -0.3 is 9.64 Å². The Labute approximate surface area is 96.9 Å². The number of hydrogen-bond donors (Lipinski definition) is 1. The summed E-state index contributed by atoms with van der Waals surface area (Å²) in [6, 6.07) is 0. The van der Waals surface area contributed by atoms with Gasteiger partial charge in [0.1, 0.15) is 5.60 Å². The third-order valence-corrected chi connectivity index (χ3v) is 2.56. The fourth-order valence-electron chi connectivity index (χ4n) is 1.35. The second-order valence-electron chi connectivity index (χ2n) is 4.70. The zero-order chi connectivity index (χ0) is 11.5. The maximum absolute atomic E-state index is 11.7. The van der Waals surface area contributed by atoms with Gasteiger partial charge in [0.05, 0.1) is 0 Å². The van der Waals surface area contributed by atoms with Crippen LogP contribution in [0.3, 0.4) is 0 Å². The summed E-state index contributed by atoms with van der Waals surface area (Å²) in [6.07, 6.45) is 2.74. The molecule has 0 aliphatic carbocycles. The normalized spacial score (nSPS) is 17.3. The van der Waals surface area contributed by atoms with Crippen molar-refractivity contribution in [2.24, 2.45) is 0 Å². The van der Waals surface area contributed by atoms with Crippen molar-refractivity contribution in [3.63, 3.8) is 0 Å². The lowest BCUT2D eigenvalue weighted by molar-refractivity contribution is 0.0266. The van der Waals surface area contributed by atoms with Crippen LogP contribution in [0.4, 0.5) is 4.79 Å². The van der Waals surface area contributed by atoms with Gasteiger partial charge in [-0.15, -0.1) is 0 Å². The first-order chi connectivity index (χ1) is 6.92. The lowest BCUT2D eigenvalue weighted by Gasteiger charge is -2.29. The zero-order valence-corrected chi connectivity index (χ0v) is 10.5. The molecule has 1 aliphatic heterocycles. The highest BCUT2D eigenvalue weighted by Crippen LogP contribution is 2.15. The average molecular weight is 229 g/mol. The topological polar surface area (TPSA) is 29.5 Å². The molecule has 0 saturated carbocycles. The predicted molar refractivity (Wildman–Crippen MR) is 64.4 cm³/mol. The molecule has 0 aromatic carbocycles. The Bertz CT molecular complexity index is 268. The Balaban J connectivity index is 2.47. The quantitative estimate of drug-likeness (QED) is 0.553. The molecule has 86 valence electrons. The largest absolute Gasteiger partial charge is 0.444 e. The van der Waals surface area contributed by atoms with Crippen molar-refractivity contribution in [2.45, 2.75) is 32.8 Å². The molecule has 0 saturated heterocycles. The molecule has 15 heavy (non-hydrogen) atoms. The number of carbonyl (C=O) groups is 1. The van der Waals surface area contributed by atoms with Crippen LogP contribution in [-0.2, 0) is 4.74 Å². The van der Waals surface area contributed by atoms with E-state index >= 15 is 0 Å². The van der Waals surface area contributed by atoms with Crippen molar-refractivity contribution in [2.75, 3.05) is 18.8 Å². The number of ether oxygens (including phenoxy) is 1. The molecular formula is C11H19NO2S. The minimum atomic E-state index is -0.412. The first kappa shape index (κ1) is 12.4. The molecule has 0 bridgehead atoms. The molecule has 0 aromatic rings. The molecule has 0 N–H and O–H groups in total. The van der Waals surface area contributed by atoms with E-state index in [0.717, 1.165) is 18.7 Å². The van der Waals surface area contributed by atoms with Crippen LogP contribution in [0, 0.1) is 0 Å². The van der Waals surface area contributed by atoms with Crippen LogP contribution >= 0.6 is 12.6 Å². The molecule has 0 unspecified atom stereocenters. The summed E-state index contributed by atoms with van der Waals surface area (Å²) in [5.41, 5.74) is 0.892. The molecule has 0 fully saturated rings. The van der Waals surface area contributed by atoms with Crippen molar-refractivity contribution >= 4 is 18.7 Å². The summed E-state index contributed by atoms with van der Waals surface area (Å²) >= 11 is 4.21. The number of thiol groups is 1. The van der Waals surface area contributed by atoms with E-state index in [4.69, 9.17) is 4.74 Å². The SMILES string of the molecule is CC(C)(C)OC(=O)N1CC=C(CS)CC1. The highest BCUT2D eigenvalue weighted by atomic mass is 32.1. The molecular weight excluding hydrogens is 210 g/mol. The summed E-state index contributed by atoms with van der Waals surface area (Å²) in [7, 11) is 0. The van der Waals surface area contributed by atoms with Crippen LogP contribution in [-0.4, -0.2) is 35.4 Å². The molecule has 0 radical (unpaired) electrons. The Hall–Kier alpha value is -0.640. The lowest BCUT2D eigenvalue weighted by Crippen LogP contribution is -2.39. The second kappa shape index (κ2) is 4.92. The van der Waals surface area contributed by atoms with Gasteiger partial charge in [0.25, 0.3) is 0 Å². The van der Waals surface area contributed by atoms with Gasteiger partial charge in [-0.25, -0.2) is 4.79 Å². The third kappa shape index (κ3) is 4.16. The van der Waals surface area contributed by atoms with E-state index in [0.29, 0.717) is 6.54 Å². The van der Waals surface area contributed by atoms with Crippen molar-refractivity contribution in [1.29, 1.82) is 0 Å². The molecule has 1 amide bonds. The van der Waals surface area contributed by atoms with Gasteiger partial charge in [0.15, 0.2) is 0 Å². The van der Waals surface area contributed by atoms with Crippen molar-refractivity contribution in [3.05, 3.63) is 11.6 Å². The van der Waals surface area contributed by atoms with E-state index in [1.807, 2.05) is 20.8 Å². The van der Waals surface area contributed by atoms with E-state index in [9.17, 15) is 4.79 Å². The first-order valence-corrected chi connectivity index (χ1v) is 5.82. The summed E-state index contributed by atoms with van der Waals surface area (Å²) in [6.45, 7) is 7.02. The van der Waals surface area contributed by atoms with Gasteiger partial charge in [-0.3, -0.25) is 0 Å². The standard InChI is InChI=1S/C11H19NO2S/c1-11(2,3)14-10(13)12-6-4-9(8-15)5-7-12/h4,15H,5-8H2,1-3H3. The fourth-order valence-corrected chi connectivity index (χ4v) is 1.63. The van der Waals surface area contributed by atoms with Crippen LogP contribution in [0.15, 0.2) is 11.6 Å². The summed E-state index contributed by atoms with van der Waals surface area (Å²) in [5.74, 6) is 0.780. The second-order valence-corrected chi connectivity index (χ2v) is 5.01. The summed E-state index contributed by atoms with van der Waals surface area (Å²) in [5, 5.41) is 0. The van der Waals surface area contributed by atoms with Crippen molar-refractivity contribution in [3.8, 4) is 0 Å². The molecule has 3 nitrogen and oxygen atoms in total. The Morgan fingerprint density at radius 3 is 2.67 bits per heavy atom. The summed E-state index contributed by atoms with van der Waals surface area (Å²) in [4.78, 5) is 13.4. The summed E-state index contributed by atoms with van der Waals surface area (Å²) < 4.78 is 5.28. The van der Waals surface area contributed by atoms with Gasteiger partial charge in [-0.2, -0.15) is 12.6 Å². The number of carbonyl (C=O) groups excluding carboxylic acids is 1. The Morgan fingerprint density at radius 2 is 2.27 bits per heavy atom. The number of amides is 1. The number of rotatable bonds is 1. The van der Waals surface area contributed by atoms with E-state index in [-0.39, 0.29) is 6.09 Å². The maximum atomic E-state index is 11.7. The van der Waals surface area contributed by atoms with Crippen LogP contribution in [0.25, 0.3) is 0 Å². The molecule has 0 aromatic heterocycles. The Morgan fingerprint density at radius 1 is 1.60 bits per heavy atom. The first-order valence-electron chi connectivity index (χ1n) is 5.19. The highest BCUT2D eigenvalue weighted by molar-refractivity contribution is 7.80. The maximum Gasteiger partial charge on any atom is 0.410 e. The minimum absolute atomic E-state index is 0.225. The third-order valence-electron chi connectivity index (χ3n) is 2.16. The molecule has 1 heterocycles. The van der Waals surface area contributed by atoms with E-state index in [2.05, 4.69) is 18.7 Å². The van der Waals surface area contributed by atoms with Crippen molar-refractivity contribution < 1.29 is 9.53 Å². The highest BCUT2D eigenvalue weighted by Gasteiger charge is 2.23. The van der Waals surface area contributed by atoms with Gasteiger partial charge in [0, 0.05) is 18.8 Å². The zero-order valence-electron chi connectivity index (χ0n) is 9.62.